The molecular weight excluding hydrogens is 587 g/mol. The van der Waals surface area contributed by atoms with E-state index in [1.165, 1.54) is 76.9 Å². The summed E-state index contributed by atoms with van der Waals surface area (Å²) in [5.74, 6) is -0.975. The Labute approximate surface area is 249 Å². The molecule has 1 aliphatic rings. The number of ether oxygens (including phenoxy) is 1. The summed E-state index contributed by atoms with van der Waals surface area (Å²) in [7, 11) is -2.42. The van der Waals surface area contributed by atoms with Gasteiger partial charge in [-0.2, -0.15) is 4.31 Å². The van der Waals surface area contributed by atoms with Gasteiger partial charge in [0.25, 0.3) is 5.91 Å². The van der Waals surface area contributed by atoms with E-state index in [9.17, 15) is 27.5 Å². The number of urea groups is 1. The number of anilines is 2. The number of nitrogens with zero attached hydrogens (tertiary/aromatic N) is 2. The quantitative estimate of drug-likeness (QED) is 0.337. The van der Waals surface area contributed by atoms with Crippen molar-refractivity contribution in [2.45, 2.75) is 30.9 Å². The predicted octanol–water partition coefficient (Wildman–Crippen LogP) is 4.66. The number of halogens is 2. The molecule has 3 amide bonds. The van der Waals surface area contributed by atoms with Crippen molar-refractivity contribution in [2.75, 3.05) is 37.4 Å². The molecule has 3 aromatic carbocycles. The van der Waals surface area contributed by atoms with E-state index in [0.717, 1.165) is 0 Å². The Morgan fingerprint density at radius 3 is 2.38 bits per heavy atom. The second kappa shape index (κ2) is 13.1. The van der Waals surface area contributed by atoms with Gasteiger partial charge >= 0.3 is 6.03 Å². The lowest BCUT2D eigenvalue weighted by molar-refractivity contribution is 0.0387. The number of fused-ring (bicyclic) bond motifs is 1. The second-order valence-electron chi connectivity index (χ2n) is 10.2. The van der Waals surface area contributed by atoms with Gasteiger partial charge in [0.05, 0.1) is 29.7 Å². The molecular formula is C29H32ClFN4O6S. The van der Waals surface area contributed by atoms with Gasteiger partial charge in [0, 0.05) is 35.9 Å². The highest BCUT2D eigenvalue weighted by molar-refractivity contribution is 7.89. The third-order valence-electron chi connectivity index (χ3n) is 6.98. The molecule has 3 atom stereocenters. The average Bonchev–Trinajstić information content (AvgIpc) is 2.96. The van der Waals surface area contributed by atoms with E-state index in [2.05, 4.69) is 10.6 Å². The maximum atomic E-state index is 13.7. The summed E-state index contributed by atoms with van der Waals surface area (Å²) < 4.78 is 47.2. The van der Waals surface area contributed by atoms with Crippen LogP contribution in [0.2, 0.25) is 5.02 Å². The zero-order chi connectivity index (χ0) is 30.6. The number of hydrogen-bond acceptors (Lipinski definition) is 6. The van der Waals surface area contributed by atoms with Crippen molar-refractivity contribution in [1.29, 1.82) is 0 Å². The largest absolute Gasteiger partial charge is 0.488 e. The molecule has 42 heavy (non-hydrogen) atoms. The normalized spacial score (nSPS) is 18.0. The smallest absolute Gasteiger partial charge is 0.323 e. The van der Waals surface area contributed by atoms with Crippen LogP contribution in [-0.4, -0.2) is 73.6 Å². The average molecular weight is 619 g/mol. The van der Waals surface area contributed by atoms with Crippen molar-refractivity contribution < 1.29 is 32.2 Å². The highest BCUT2D eigenvalue weighted by Gasteiger charge is 2.35. The Kier molecular flexibility index (Phi) is 9.72. The zero-order valence-electron chi connectivity index (χ0n) is 23.3. The minimum absolute atomic E-state index is 0.0266. The van der Waals surface area contributed by atoms with Crippen LogP contribution in [0, 0.1) is 11.7 Å². The summed E-state index contributed by atoms with van der Waals surface area (Å²) in [6, 6.07) is 14.5. The molecule has 0 saturated carbocycles. The van der Waals surface area contributed by atoms with Crippen LogP contribution in [0.15, 0.2) is 71.6 Å². The molecule has 4 rings (SSSR count). The zero-order valence-corrected chi connectivity index (χ0v) is 24.8. The van der Waals surface area contributed by atoms with Gasteiger partial charge in [-0.3, -0.25) is 4.79 Å². The third kappa shape index (κ3) is 7.19. The van der Waals surface area contributed by atoms with E-state index in [-0.39, 0.29) is 47.5 Å². The van der Waals surface area contributed by atoms with Crippen molar-refractivity contribution in [3.05, 3.63) is 83.1 Å². The van der Waals surface area contributed by atoms with Gasteiger partial charge in [-0.1, -0.05) is 18.5 Å². The molecule has 3 aromatic rings. The highest BCUT2D eigenvalue weighted by Crippen LogP contribution is 2.31. The lowest BCUT2D eigenvalue weighted by Gasteiger charge is -2.38. The Hall–Kier alpha value is -3.71. The van der Waals surface area contributed by atoms with Crippen LogP contribution in [0.25, 0.3) is 0 Å². The second-order valence-corrected chi connectivity index (χ2v) is 12.6. The molecule has 0 fully saturated rings. The Balaban J connectivity index is 1.61. The van der Waals surface area contributed by atoms with Gasteiger partial charge in [0.1, 0.15) is 17.7 Å². The number of nitrogens with one attached hydrogen (secondary N) is 2. The van der Waals surface area contributed by atoms with Gasteiger partial charge in [0.2, 0.25) is 10.0 Å². The van der Waals surface area contributed by atoms with E-state index >= 15 is 0 Å². The molecule has 13 heteroatoms. The summed E-state index contributed by atoms with van der Waals surface area (Å²) in [4.78, 5) is 27.8. The van der Waals surface area contributed by atoms with Crippen LogP contribution in [-0.2, 0) is 10.0 Å². The minimum Gasteiger partial charge on any atom is -0.488 e. The molecule has 0 aromatic heterocycles. The molecule has 0 bridgehead atoms. The third-order valence-corrected chi connectivity index (χ3v) is 9.07. The van der Waals surface area contributed by atoms with Gasteiger partial charge in [0.15, 0.2) is 0 Å². The predicted molar refractivity (Wildman–Crippen MR) is 158 cm³/mol. The minimum atomic E-state index is -3.87. The number of aliphatic hydroxyl groups excluding tert-OH is 1. The molecule has 0 saturated heterocycles. The molecule has 224 valence electrons. The fourth-order valence-electron chi connectivity index (χ4n) is 4.48. The van der Waals surface area contributed by atoms with Crippen LogP contribution in [0.5, 0.6) is 5.75 Å². The van der Waals surface area contributed by atoms with Gasteiger partial charge in [-0.25, -0.2) is 17.6 Å². The summed E-state index contributed by atoms with van der Waals surface area (Å²) >= 11 is 5.92. The van der Waals surface area contributed by atoms with Crippen molar-refractivity contribution in [3.63, 3.8) is 0 Å². The number of carbonyl (C=O) groups is 2. The first-order chi connectivity index (χ1) is 19.9. The van der Waals surface area contributed by atoms with Crippen molar-refractivity contribution in [1.82, 2.24) is 9.21 Å². The fourth-order valence-corrected chi connectivity index (χ4v) is 5.79. The molecule has 1 aliphatic heterocycles. The number of rotatable bonds is 8. The fraction of sp³-hybridized carbons (Fsp3) is 0.310. The topological polar surface area (TPSA) is 128 Å². The van der Waals surface area contributed by atoms with Crippen LogP contribution >= 0.6 is 11.6 Å². The van der Waals surface area contributed by atoms with Gasteiger partial charge in [-0.15, -0.1) is 0 Å². The van der Waals surface area contributed by atoms with Crippen molar-refractivity contribution >= 4 is 44.9 Å². The molecule has 1 heterocycles. The number of likely N-dealkylation sites (N-methyl/N-ethyl adjacent to an activating group) is 1. The molecule has 0 radical (unpaired) electrons. The molecule has 0 spiro atoms. The number of carbonyl (C=O) groups excluding carboxylic acids is 2. The van der Waals surface area contributed by atoms with E-state index in [0.29, 0.717) is 10.7 Å². The molecule has 0 aliphatic carbocycles. The van der Waals surface area contributed by atoms with Gasteiger partial charge < -0.3 is 25.4 Å². The number of sulfonamides is 1. The van der Waals surface area contributed by atoms with Crippen molar-refractivity contribution in [2.24, 2.45) is 5.92 Å². The van der Waals surface area contributed by atoms with E-state index in [1.807, 2.05) is 6.92 Å². The van der Waals surface area contributed by atoms with E-state index in [1.54, 1.807) is 13.0 Å². The monoisotopic (exact) mass is 618 g/mol. The van der Waals surface area contributed by atoms with Crippen LogP contribution in [0.3, 0.4) is 0 Å². The molecule has 0 unspecified atom stereocenters. The molecule has 10 nitrogen and oxygen atoms in total. The standard InChI is InChI=1S/C29H32ClFN4O6S/c1-18-15-35(19(2)17-36)28(37)25-14-23(33-29(38)32-22-8-6-21(31)7-9-22)10-13-26(25)41-27(18)16-34(3)42(39,40)24-11-4-20(30)5-12-24/h4-14,18-19,27,36H,15-17H2,1-3H3,(H2,32,33,38)/t18-,19+,27-/m0/s1. The summed E-state index contributed by atoms with van der Waals surface area (Å²) in [6.07, 6.45) is -0.669. The molecule has 3 N–H and O–H groups in total. The van der Waals surface area contributed by atoms with E-state index in [4.69, 9.17) is 16.3 Å². The number of aliphatic hydroxyl groups is 1. The maximum Gasteiger partial charge on any atom is 0.323 e. The lowest BCUT2D eigenvalue weighted by atomic mass is 9.99. The first kappa shape index (κ1) is 31.2. The van der Waals surface area contributed by atoms with E-state index < -0.39 is 39.9 Å². The Bertz CT molecular complexity index is 1540. The van der Waals surface area contributed by atoms with Crippen molar-refractivity contribution in [3.8, 4) is 5.75 Å². The van der Waals surface area contributed by atoms with Crippen LogP contribution in [0.1, 0.15) is 24.2 Å². The number of amides is 3. The SMILES string of the molecule is C[C@H](CO)N1C[C@H](C)[C@H](CN(C)S(=O)(=O)c2ccc(Cl)cc2)Oc2ccc(NC(=O)Nc3ccc(F)cc3)cc2C1=O. The van der Waals surface area contributed by atoms with Crippen LogP contribution < -0.4 is 15.4 Å². The summed E-state index contributed by atoms with van der Waals surface area (Å²) in [5.41, 5.74) is 0.793. The highest BCUT2D eigenvalue weighted by atomic mass is 35.5. The Morgan fingerprint density at radius 2 is 1.74 bits per heavy atom. The Morgan fingerprint density at radius 1 is 1.12 bits per heavy atom. The summed E-state index contributed by atoms with van der Waals surface area (Å²) in [5, 5.41) is 15.5. The maximum absolute atomic E-state index is 13.7. The first-order valence-electron chi connectivity index (χ1n) is 13.2. The number of benzene rings is 3. The summed E-state index contributed by atoms with van der Waals surface area (Å²) in [6.45, 7) is 3.42. The van der Waals surface area contributed by atoms with Gasteiger partial charge in [-0.05, 0) is 73.7 Å². The van der Waals surface area contributed by atoms with Crippen LogP contribution in [0.4, 0.5) is 20.6 Å². The lowest BCUT2D eigenvalue weighted by Crippen LogP contribution is -2.50. The first-order valence-corrected chi connectivity index (χ1v) is 15.0. The number of hydrogen-bond donors (Lipinski definition) is 3.